The Balaban J connectivity index is 2.46. The highest BCUT2D eigenvalue weighted by molar-refractivity contribution is 6.30. The molecular weight excluding hydrogens is 206 g/mol. The van der Waals surface area contributed by atoms with E-state index in [-0.39, 0.29) is 6.61 Å². The lowest BCUT2D eigenvalue weighted by atomic mass is 10.3. The van der Waals surface area contributed by atoms with Crippen molar-refractivity contribution in [2.24, 2.45) is 5.73 Å². The monoisotopic (exact) mass is 215 g/mol. The Hall–Kier alpha value is -1.26. The molecule has 0 aliphatic heterocycles. The Bertz CT molecular complexity index is 312. The van der Waals surface area contributed by atoms with E-state index < -0.39 is 12.0 Å². The van der Waals surface area contributed by atoms with Crippen molar-refractivity contribution in [3.05, 3.63) is 29.3 Å². The molecule has 1 unspecified atom stereocenters. The fourth-order valence-electron chi connectivity index (χ4n) is 0.788. The molecule has 0 amide bonds. The summed E-state index contributed by atoms with van der Waals surface area (Å²) in [6, 6.07) is 5.60. The van der Waals surface area contributed by atoms with E-state index in [1.165, 1.54) is 0 Å². The Morgan fingerprint density at radius 1 is 1.50 bits per heavy atom. The first-order valence-electron chi connectivity index (χ1n) is 3.96. The van der Waals surface area contributed by atoms with Crippen molar-refractivity contribution in [1.82, 2.24) is 0 Å². The van der Waals surface area contributed by atoms with Crippen LogP contribution in [0.15, 0.2) is 24.3 Å². The summed E-state index contributed by atoms with van der Waals surface area (Å²) in [4.78, 5) is 10.3. The zero-order valence-corrected chi connectivity index (χ0v) is 8.07. The summed E-state index contributed by atoms with van der Waals surface area (Å²) in [5.41, 5.74) is 5.24. The number of carboxylic acids is 1. The van der Waals surface area contributed by atoms with Crippen LogP contribution in [-0.2, 0) is 4.79 Å². The fourth-order valence-corrected chi connectivity index (χ4v) is 0.914. The van der Waals surface area contributed by atoms with Gasteiger partial charge in [0.25, 0.3) is 0 Å². The quantitative estimate of drug-likeness (QED) is 0.790. The Labute approximate surface area is 86.2 Å². The van der Waals surface area contributed by atoms with Crippen LogP contribution in [0.4, 0.5) is 0 Å². The molecule has 0 radical (unpaired) electrons. The molecule has 5 heteroatoms. The second-order valence-electron chi connectivity index (χ2n) is 2.71. The SMILES string of the molecule is NC(COc1ccc(Cl)cc1)C(=O)O. The van der Waals surface area contributed by atoms with E-state index in [4.69, 9.17) is 27.2 Å². The van der Waals surface area contributed by atoms with Gasteiger partial charge in [-0.05, 0) is 24.3 Å². The predicted octanol–water partition coefficient (Wildman–Crippen LogP) is 1.13. The molecule has 1 atom stereocenters. The van der Waals surface area contributed by atoms with Gasteiger partial charge in [-0.1, -0.05) is 11.6 Å². The summed E-state index contributed by atoms with van der Waals surface area (Å²) >= 11 is 5.65. The molecule has 0 bridgehead atoms. The lowest BCUT2D eigenvalue weighted by Crippen LogP contribution is -2.36. The predicted molar refractivity (Wildman–Crippen MR) is 52.6 cm³/mol. The van der Waals surface area contributed by atoms with Gasteiger partial charge in [0.2, 0.25) is 0 Å². The van der Waals surface area contributed by atoms with Gasteiger partial charge in [0, 0.05) is 5.02 Å². The molecule has 0 heterocycles. The standard InChI is InChI=1S/C9H10ClNO3/c10-6-1-3-7(4-2-6)14-5-8(11)9(12)13/h1-4,8H,5,11H2,(H,12,13). The Morgan fingerprint density at radius 2 is 2.07 bits per heavy atom. The number of hydrogen-bond donors (Lipinski definition) is 2. The number of aliphatic carboxylic acids is 1. The molecule has 0 aliphatic rings. The highest BCUT2D eigenvalue weighted by Gasteiger charge is 2.11. The number of carboxylic acid groups (broad SMARTS) is 1. The summed E-state index contributed by atoms with van der Waals surface area (Å²) in [6.45, 7) is -0.0586. The number of hydrogen-bond acceptors (Lipinski definition) is 3. The van der Waals surface area contributed by atoms with Crippen molar-refractivity contribution in [3.8, 4) is 5.75 Å². The molecule has 0 spiro atoms. The van der Waals surface area contributed by atoms with Crippen LogP contribution >= 0.6 is 11.6 Å². The molecule has 4 nitrogen and oxygen atoms in total. The normalized spacial score (nSPS) is 12.1. The molecule has 1 aromatic carbocycles. The smallest absolute Gasteiger partial charge is 0.324 e. The Kier molecular flexibility index (Phi) is 3.73. The third-order valence-electron chi connectivity index (χ3n) is 1.56. The van der Waals surface area contributed by atoms with Crippen molar-refractivity contribution in [1.29, 1.82) is 0 Å². The van der Waals surface area contributed by atoms with Gasteiger partial charge in [-0.2, -0.15) is 0 Å². The maximum absolute atomic E-state index is 10.3. The van der Waals surface area contributed by atoms with E-state index in [0.29, 0.717) is 10.8 Å². The second-order valence-corrected chi connectivity index (χ2v) is 3.15. The van der Waals surface area contributed by atoms with Gasteiger partial charge in [-0.3, -0.25) is 4.79 Å². The van der Waals surface area contributed by atoms with Crippen molar-refractivity contribution in [3.63, 3.8) is 0 Å². The molecule has 76 valence electrons. The lowest BCUT2D eigenvalue weighted by Gasteiger charge is -2.08. The van der Waals surface area contributed by atoms with Crippen LogP contribution in [-0.4, -0.2) is 23.7 Å². The van der Waals surface area contributed by atoms with Crippen LogP contribution in [0.2, 0.25) is 5.02 Å². The number of nitrogens with two attached hydrogens (primary N) is 1. The van der Waals surface area contributed by atoms with Crippen LogP contribution < -0.4 is 10.5 Å². The highest BCUT2D eigenvalue weighted by Crippen LogP contribution is 2.15. The van der Waals surface area contributed by atoms with Crippen LogP contribution in [0.25, 0.3) is 0 Å². The number of halogens is 1. The maximum Gasteiger partial charge on any atom is 0.324 e. The third-order valence-corrected chi connectivity index (χ3v) is 1.81. The molecule has 0 aromatic heterocycles. The minimum absolute atomic E-state index is 0.0586. The molecule has 1 rings (SSSR count). The fraction of sp³-hybridized carbons (Fsp3) is 0.222. The molecular formula is C9H10ClNO3. The van der Waals surface area contributed by atoms with Crippen molar-refractivity contribution >= 4 is 17.6 Å². The molecule has 1 aromatic rings. The maximum atomic E-state index is 10.3. The van der Waals surface area contributed by atoms with Crippen molar-refractivity contribution in [2.75, 3.05) is 6.61 Å². The van der Waals surface area contributed by atoms with E-state index in [1.807, 2.05) is 0 Å². The molecule has 14 heavy (non-hydrogen) atoms. The summed E-state index contributed by atoms with van der Waals surface area (Å²) in [5.74, 6) is -0.537. The molecule has 3 N–H and O–H groups in total. The van der Waals surface area contributed by atoms with Crippen molar-refractivity contribution in [2.45, 2.75) is 6.04 Å². The third kappa shape index (κ3) is 3.24. The van der Waals surface area contributed by atoms with Gasteiger partial charge in [0.05, 0.1) is 0 Å². The molecule has 0 saturated carbocycles. The summed E-state index contributed by atoms with van der Waals surface area (Å²) in [7, 11) is 0. The van der Waals surface area contributed by atoms with Crippen LogP contribution in [0.5, 0.6) is 5.75 Å². The summed E-state index contributed by atoms with van der Waals surface area (Å²) in [5, 5.41) is 9.08. The average molecular weight is 216 g/mol. The first-order chi connectivity index (χ1) is 6.59. The topological polar surface area (TPSA) is 72.5 Å². The van der Waals surface area contributed by atoms with Gasteiger partial charge in [-0.15, -0.1) is 0 Å². The molecule has 0 fully saturated rings. The van der Waals surface area contributed by atoms with Gasteiger partial charge < -0.3 is 15.6 Å². The van der Waals surface area contributed by atoms with Gasteiger partial charge in [-0.25, -0.2) is 0 Å². The van der Waals surface area contributed by atoms with E-state index in [2.05, 4.69) is 0 Å². The highest BCUT2D eigenvalue weighted by atomic mass is 35.5. The molecule has 0 saturated heterocycles. The summed E-state index contributed by atoms with van der Waals surface area (Å²) < 4.78 is 5.12. The van der Waals surface area contributed by atoms with Gasteiger partial charge in [0.15, 0.2) is 0 Å². The summed E-state index contributed by atoms with van der Waals surface area (Å²) in [6.07, 6.45) is 0. The first-order valence-corrected chi connectivity index (χ1v) is 4.34. The van der Waals surface area contributed by atoms with Crippen LogP contribution in [0.3, 0.4) is 0 Å². The number of rotatable bonds is 4. The zero-order valence-electron chi connectivity index (χ0n) is 7.31. The molecule has 0 aliphatic carbocycles. The van der Waals surface area contributed by atoms with Gasteiger partial charge in [0.1, 0.15) is 18.4 Å². The van der Waals surface area contributed by atoms with Gasteiger partial charge >= 0.3 is 5.97 Å². The van der Waals surface area contributed by atoms with Crippen LogP contribution in [0, 0.1) is 0 Å². The zero-order chi connectivity index (χ0) is 10.6. The van der Waals surface area contributed by atoms with Crippen LogP contribution in [0.1, 0.15) is 0 Å². The largest absolute Gasteiger partial charge is 0.491 e. The lowest BCUT2D eigenvalue weighted by molar-refractivity contribution is -0.139. The number of carbonyl (C=O) groups is 1. The minimum Gasteiger partial charge on any atom is -0.491 e. The second kappa shape index (κ2) is 4.83. The number of ether oxygens (including phenoxy) is 1. The van der Waals surface area contributed by atoms with E-state index in [0.717, 1.165) is 0 Å². The Morgan fingerprint density at radius 3 is 2.57 bits per heavy atom. The number of benzene rings is 1. The van der Waals surface area contributed by atoms with E-state index in [1.54, 1.807) is 24.3 Å². The van der Waals surface area contributed by atoms with E-state index in [9.17, 15) is 4.79 Å². The van der Waals surface area contributed by atoms with Crippen molar-refractivity contribution < 1.29 is 14.6 Å². The van der Waals surface area contributed by atoms with E-state index >= 15 is 0 Å². The average Bonchev–Trinajstić information content (AvgIpc) is 2.16. The first kappa shape index (κ1) is 10.8. The minimum atomic E-state index is -1.08.